The van der Waals surface area contributed by atoms with E-state index in [1.165, 1.54) is 0 Å². The Morgan fingerprint density at radius 2 is 2.17 bits per heavy atom. The van der Waals surface area contributed by atoms with Crippen molar-refractivity contribution in [3.8, 4) is 5.88 Å². The third-order valence-corrected chi connectivity index (χ3v) is 2.22. The van der Waals surface area contributed by atoms with E-state index >= 15 is 0 Å². The summed E-state index contributed by atoms with van der Waals surface area (Å²) in [6.45, 7) is 0.134. The summed E-state index contributed by atoms with van der Waals surface area (Å²) in [4.78, 5) is 10.4. The molecule has 1 heterocycles. The molecule has 7 nitrogen and oxygen atoms in total. The first-order valence-corrected chi connectivity index (χ1v) is 5.32. The van der Waals surface area contributed by atoms with Crippen LogP contribution in [-0.4, -0.2) is 30.5 Å². The van der Waals surface area contributed by atoms with Crippen molar-refractivity contribution in [3.63, 3.8) is 0 Å². The van der Waals surface area contributed by atoms with Gasteiger partial charge in [0.25, 0.3) is 5.88 Å². The summed E-state index contributed by atoms with van der Waals surface area (Å²) in [5, 5.41) is 4.54. The van der Waals surface area contributed by atoms with Crippen molar-refractivity contribution < 1.29 is 18.8 Å². The van der Waals surface area contributed by atoms with Gasteiger partial charge in [-0.3, -0.25) is 0 Å². The zero-order chi connectivity index (χ0) is 13.0. The van der Waals surface area contributed by atoms with Crippen LogP contribution < -0.4 is 16.2 Å². The van der Waals surface area contributed by atoms with Crippen LogP contribution in [0.5, 0.6) is 5.88 Å². The van der Waals surface area contributed by atoms with Gasteiger partial charge in [-0.15, -0.1) is 0 Å². The Morgan fingerprint density at radius 3 is 2.94 bits per heavy atom. The van der Waals surface area contributed by atoms with E-state index in [1.807, 2.05) is 18.2 Å². The Balaban J connectivity index is 1.92. The van der Waals surface area contributed by atoms with E-state index in [9.17, 15) is 4.79 Å². The van der Waals surface area contributed by atoms with Gasteiger partial charge in [0.15, 0.2) is 5.58 Å². The average Bonchev–Trinajstić information content (AvgIpc) is 2.77. The molecule has 1 aromatic carbocycles. The van der Waals surface area contributed by atoms with Crippen LogP contribution in [-0.2, 0) is 4.74 Å². The van der Waals surface area contributed by atoms with Gasteiger partial charge >= 0.3 is 6.09 Å². The fourth-order valence-corrected chi connectivity index (χ4v) is 1.39. The van der Waals surface area contributed by atoms with Gasteiger partial charge in [0.2, 0.25) is 0 Å². The second-order valence-electron chi connectivity index (χ2n) is 3.69. The smallest absolute Gasteiger partial charge is 0.404 e. The van der Waals surface area contributed by atoms with Crippen LogP contribution in [0.25, 0.3) is 11.0 Å². The number of carbonyl (C=O) groups is 1. The van der Waals surface area contributed by atoms with E-state index in [0.717, 1.165) is 5.39 Å². The van der Waals surface area contributed by atoms with E-state index in [0.29, 0.717) is 11.5 Å². The summed E-state index contributed by atoms with van der Waals surface area (Å²) in [6.07, 6.45) is -0.864. The van der Waals surface area contributed by atoms with Gasteiger partial charge in [-0.05, 0) is 17.3 Å². The number of carbonyl (C=O) groups excluding carboxylic acids is 1. The number of fused-ring (bicyclic) bond motifs is 1. The lowest BCUT2D eigenvalue weighted by atomic mass is 10.3. The lowest BCUT2D eigenvalue weighted by molar-refractivity contribution is 0.136. The van der Waals surface area contributed by atoms with Crippen LogP contribution in [0.15, 0.2) is 28.8 Å². The second-order valence-corrected chi connectivity index (χ2v) is 3.69. The maximum atomic E-state index is 10.4. The van der Waals surface area contributed by atoms with Crippen molar-refractivity contribution in [2.45, 2.75) is 6.04 Å². The molecule has 18 heavy (non-hydrogen) atoms. The zero-order valence-corrected chi connectivity index (χ0v) is 9.54. The summed E-state index contributed by atoms with van der Waals surface area (Å²) in [5.41, 5.74) is 11.1. The van der Waals surface area contributed by atoms with Crippen LogP contribution in [0.4, 0.5) is 4.79 Å². The molecule has 2 rings (SSSR count). The number of nitrogens with zero attached hydrogens (tertiary/aromatic N) is 1. The van der Waals surface area contributed by atoms with Gasteiger partial charge in [0.1, 0.15) is 13.2 Å². The molecule has 0 radical (unpaired) electrons. The molecule has 0 saturated heterocycles. The normalized spacial score (nSPS) is 12.3. The maximum absolute atomic E-state index is 10.4. The third kappa shape index (κ3) is 2.89. The van der Waals surface area contributed by atoms with E-state index in [2.05, 4.69) is 9.89 Å². The number of hydrogen-bond acceptors (Lipinski definition) is 6. The predicted molar refractivity (Wildman–Crippen MR) is 63.0 cm³/mol. The van der Waals surface area contributed by atoms with Crippen LogP contribution >= 0.6 is 0 Å². The summed E-state index contributed by atoms with van der Waals surface area (Å²) >= 11 is 0. The molecule has 0 saturated carbocycles. The molecule has 7 heteroatoms. The first-order chi connectivity index (χ1) is 8.66. The average molecular weight is 251 g/mol. The number of primary amides is 1. The minimum atomic E-state index is -0.864. The summed E-state index contributed by atoms with van der Waals surface area (Å²) in [7, 11) is 0. The molecule has 4 N–H and O–H groups in total. The minimum Gasteiger partial charge on any atom is -0.473 e. The van der Waals surface area contributed by atoms with Crippen LogP contribution in [0, 0.1) is 0 Å². The zero-order valence-electron chi connectivity index (χ0n) is 9.54. The predicted octanol–water partition coefficient (Wildman–Crippen LogP) is 0.629. The van der Waals surface area contributed by atoms with Crippen molar-refractivity contribution in [3.05, 3.63) is 24.3 Å². The number of para-hydroxylation sites is 1. The maximum Gasteiger partial charge on any atom is 0.404 e. The van der Waals surface area contributed by atoms with E-state index in [1.54, 1.807) is 6.07 Å². The van der Waals surface area contributed by atoms with E-state index in [4.69, 9.17) is 20.7 Å². The number of benzene rings is 1. The second kappa shape index (κ2) is 5.37. The fourth-order valence-electron chi connectivity index (χ4n) is 1.39. The molecule has 0 fully saturated rings. The van der Waals surface area contributed by atoms with E-state index in [-0.39, 0.29) is 13.2 Å². The molecule has 96 valence electrons. The summed E-state index contributed by atoms with van der Waals surface area (Å²) < 4.78 is 15.0. The lowest BCUT2D eigenvalue weighted by Gasteiger charge is -2.10. The van der Waals surface area contributed by atoms with Crippen molar-refractivity contribution in [1.29, 1.82) is 0 Å². The Bertz CT molecular complexity index is 540. The molecule has 0 unspecified atom stereocenters. The summed E-state index contributed by atoms with van der Waals surface area (Å²) in [6, 6.07) is 6.82. The van der Waals surface area contributed by atoms with E-state index < -0.39 is 12.1 Å². The molecule has 1 amide bonds. The number of hydrogen-bond donors (Lipinski definition) is 2. The molecule has 1 aromatic heterocycles. The minimum absolute atomic E-state index is 0.00881. The van der Waals surface area contributed by atoms with Gasteiger partial charge in [-0.25, -0.2) is 4.79 Å². The number of aromatic nitrogens is 1. The Labute approximate surface area is 103 Å². The SMILES string of the molecule is NC(=O)OC[C@H](N)COc1noc2ccccc12. The lowest BCUT2D eigenvalue weighted by Crippen LogP contribution is -2.34. The van der Waals surface area contributed by atoms with Gasteiger partial charge in [0, 0.05) is 0 Å². The molecule has 0 aliphatic carbocycles. The van der Waals surface area contributed by atoms with Crippen molar-refractivity contribution in [1.82, 2.24) is 5.16 Å². The van der Waals surface area contributed by atoms with Crippen LogP contribution in [0.1, 0.15) is 0 Å². The molecule has 2 aromatic rings. The quantitative estimate of drug-likeness (QED) is 0.805. The molecule has 0 aliphatic rings. The number of amides is 1. The Morgan fingerprint density at radius 1 is 1.39 bits per heavy atom. The number of ether oxygens (including phenoxy) is 2. The van der Waals surface area contributed by atoms with Gasteiger partial charge < -0.3 is 25.5 Å². The highest BCUT2D eigenvalue weighted by Crippen LogP contribution is 2.23. The molecule has 0 spiro atoms. The Hall–Kier alpha value is -2.28. The highest BCUT2D eigenvalue weighted by atomic mass is 16.6. The highest BCUT2D eigenvalue weighted by molar-refractivity contribution is 5.81. The molecular formula is C11H13N3O4. The largest absolute Gasteiger partial charge is 0.473 e. The highest BCUT2D eigenvalue weighted by Gasteiger charge is 2.11. The monoisotopic (exact) mass is 251 g/mol. The first kappa shape index (κ1) is 12.2. The Kier molecular flexibility index (Phi) is 3.63. The standard InChI is InChI=1S/C11H13N3O4/c12-7(6-17-11(13)15)5-16-10-8-3-1-2-4-9(8)18-14-10/h1-4,7H,5-6,12H2,(H2,13,15)/t7-/m1/s1. The number of rotatable bonds is 5. The third-order valence-electron chi connectivity index (χ3n) is 2.22. The van der Waals surface area contributed by atoms with Gasteiger partial charge in [-0.1, -0.05) is 12.1 Å². The molecular weight excluding hydrogens is 238 g/mol. The molecule has 0 aliphatic heterocycles. The first-order valence-electron chi connectivity index (χ1n) is 5.32. The molecule has 1 atom stereocenters. The van der Waals surface area contributed by atoms with Crippen molar-refractivity contribution in [2.75, 3.05) is 13.2 Å². The molecule has 0 bridgehead atoms. The summed E-state index contributed by atoms with van der Waals surface area (Å²) in [5.74, 6) is 0.361. The van der Waals surface area contributed by atoms with Crippen LogP contribution in [0.2, 0.25) is 0 Å². The topological polar surface area (TPSA) is 114 Å². The van der Waals surface area contributed by atoms with Gasteiger partial charge in [0.05, 0.1) is 11.4 Å². The fraction of sp³-hybridized carbons (Fsp3) is 0.273. The van der Waals surface area contributed by atoms with Gasteiger partial charge in [-0.2, -0.15) is 0 Å². The number of nitrogens with two attached hydrogens (primary N) is 2. The van der Waals surface area contributed by atoms with Crippen molar-refractivity contribution in [2.24, 2.45) is 11.5 Å². The van der Waals surface area contributed by atoms with Crippen LogP contribution in [0.3, 0.4) is 0 Å². The van der Waals surface area contributed by atoms with Crippen molar-refractivity contribution >= 4 is 17.1 Å².